The fourth-order valence-corrected chi connectivity index (χ4v) is 4.66. The van der Waals surface area contributed by atoms with Crippen LogP contribution in [0.2, 0.25) is 4.34 Å². The molecular formula is C23H22ClN3O5S. The number of benzene rings is 1. The topological polar surface area (TPSA) is 101 Å². The molecule has 4 rings (SSSR count). The van der Waals surface area contributed by atoms with E-state index in [4.69, 9.17) is 21.1 Å². The molecule has 8 nitrogen and oxygen atoms in total. The number of thiophene rings is 1. The third kappa shape index (κ3) is 4.95. The zero-order chi connectivity index (χ0) is 23.5. The van der Waals surface area contributed by atoms with Gasteiger partial charge in [0, 0.05) is 24.6 Å². The molecule has 3 heterocycles. The van der Waals surface area contributed by atoms with E-state index in [9.17, 15) is 14.4 Å². The van der Waals surface area contributed by atoms with Gasteiger partial charge in [-0.1, -0.05) is 17.7 Å². The predicted molar refractivity (Wildman–Crippen MR) is 127 cm³/mol. The molecule has 0 spiro atoms. The van der Waals surface area contributed by atoms with Crippen molar-refractivity contribution < 1.29 is 19.1 Å². The first-order valence-corrected chi connectivity index (χ1v) is 11.4. The van der Waals surface area contributed by atoms with Crippen LogP contribution in [-0.4, -0.2) is 43.3 Å². The second-order valence-corrected chi connectivity index (χ2v) is 9.27. The number of aromatic nitrogens is 1. The summed E-state index contributed by atoms with van der Waals surface area (Å²) in [6.07, 6.45) is 0.630. The zero-order valence-electron chi connectivity index (χ0n) is 18.0. The summed E-state index contributed by atoms with van der Waals surface area (Å²) in [5, 5.41) is 2.78. The van der Waals surface area contributed by atoms with E-state index in [0.29, 0.717) is 33.6 Å². The van der Waals surface area contributed by atoms with E-state index in [0.717, 1.165) is 16.7 Å². The van der Waals surface area contributed by atoms with Gasteiger partial charge in [0.25, 0.3) is 11.5 Å². The van der Waals surface area contributed by atoms with Gasteiger partial charge in [-0.25, -0.2) is 4.79 Å². The fourth-order valence-electron chi connectivity index (χ4n) is 3.70. The molecule has 1 aliphatic rings. The van der Waals surface area contributed by atoms with Crippen molar-refractivity contribution in [1.29, 1.82) is 0 Å². The summed E-state index contributed by atoms with van der Waals surface area (Å²) in [6.45, 7) is 2.55. The lowest BCUT2D eigenvalue weighted by molar-refractivity contribution is 0.0920. The first-order valence-electron chi connectivity index (χ1n) is 10.2. The predicted octanol–water partition coefficient (Wildman–Crippen LogP) is 3.97. The summed E-state index contributed by atoms with van der Waals surface area (Å²) < 4.78 is 11.3. The lowest BCUT2D eigenvalue weighted by Crippen LogP contribution is -2.34. The smallest absolute Gasteiger partial charge is 0.414 e. The lowest BCUT2D eigenvalue weighted by atomic mass is 9.97. The van der Waals surface area contributed by atoms with Crippen molar-refractivity contribution in [2.45, 2.75) is 19.6 Å². The van der Waals surface area contributed by atoms with Crippen molar-refractivity contribution in [3.8, 4) is 11.1 Å². The minimum Gasteiger partial charge on any atom is -0.442 e. The average Bonchev–Trinajstić information content (AvgIpc) is 3.40. The molecule has 1 aliphatic heterocycles. The maximum Gasteiger partial charge on any atom is 0.414 e. The Kier molecular flexibility index (Phi) is 6.83. The number of methoxy groups -OCH3 is 1. The number of carbonyl (C=O) groups is 2. The van der Waals surface area contributed by atoms with Gasteiger partial charge >= 0.3 is 6.09 Å². The van der Waals surface area contributed by atoms with Crippen molar-refractivity contribution in [3.63, 3.8) is 0 Å². The molecule has 2 N–H and O–H groups in total. The first kappa shape index (κ1) is 23.0. The molecule has 1 aromatic carbocycles. The maximum atomic E-state index is 12.5. The van der Waals surface area contributed by atoms with Crippen LogP contribution in [0.25, 0.3) is 11.1 Å². The molecule has 0 aliphatic carbocycles. The molecule has 33 heavy (non-hydrogen) atoms. The quantitative estimate of drug-likeness (QED) is 0.525. The molecule has 1 fully saturated rings. The molecule has 172 valence electrons. The minimum absolute atomic E-state index is 0.155. The highest BCUT2D eigenvalue weighted by Gasteiger charge is 2.33. The Morgan fingerprint density at radius 1 is 1.27 bits per heavy atom. The van der Waals surface area contributed by atoms with Gasteiger partial charge in [-0.05, 0) is 53.9 Å². The first-order chi connectivity index (χ1) is 15.9. The van der Waals surface area contributed by atoms with Gasteiger partial charge in [-0.3, -0.25) is 14.5 Å². The lowest BCUT2D eigenvalue weighted by Gasteiger charge is -2.17. The van der Waals surface area contributed by atoms with Crippen LogP contribution in [0, 0.1) is 6.92 Å². The summed E-state index contributed by atoms with van der Waals surface area (Å²) in [7, 11) is 1.59. The Labute approximate surface area is 199 Å². The number of pyridine rings is 1. The van der Waals surface area contributed by atoms with Gasteiger partial charge in [0.05, 0.1) is 28.9 Å². The van der Waals surface area contributed by atoms with E-state index in [1.807, 2.05) is 24.3 Å². The number of amides is 2. The van der Waals surface area contributed by atoms with Gasteiger partial charge in [-0.15, -0.1) is 11.3 Å². The van der Waals surface area contributed by atoms with Gasteiger partial charge in [0.15, 0.2) is 0 Å². The van der Waals surface area contributed by atoms with Gasteiger partial charge in [0.2, 0.25) is 0 Å². The van der Waals surface area contributed by atoms with Crippen LogP contribution in [-0.2, 0) is 16.1 Å². The Morgan fingerprint density at radius 3 is 2.82 bits per heavy atom. The van der Waals surface area contributed by atoms with Crippen molar-refractivity contribution in [2.75, 3.05) is 25.1 Å². The van der Waals surface area contributed by atoms with E-state index in [1.54, 1.807) is 32.4 Å². The van der Waals surface area contributed by atoms with E-state index < -0.39 is 12.2 Å². The van der Waals surface area contributed by atoms with Crippen LogP contribution in [0.3, 0.4) is 0 Å². The van der Waals surface area contributed by atoms with E-state index in [1.165, 1.54) is 16.2 Å². The highest BCUT2D eigenvalue weighted by atomic mass is 35.5. The number of carbonyl (C=O) groups excluding carboxylic acids is 2. The van der Waals surface area contributed by atoms with Crippen molar-refractivity contribution in [1.82, 2.24) is 10.3 Å². The Bertz CT molecular complexity index is 1250. The number of halogens is 1. The maximum absolute atomic E-state index is 12.5. The second-order valence-electron chi connectivity index (χ2n) is 7.55. The van der Waals surface area contributed by atoms with Gasteiger partial charge in [0.1, 0.15) is 6.10 Å². The summed E-state index contributed by atoms with van der Waals surface area (Å²) in [4.78, 5) is 41.5. The van der Waals surface area contributed by atoms with Crippen LogP contribution in [0.4, 0.5) is 10.5 Å². The zero-order valence-corrected chi connectivity index (χ0v) is 19.6. The minimum atomic E-state index is -0.489. The fraction of sp³-hybridized carbons (Fsp3) is 0.261. The standard InChI is InChI=1S/C23H22ClN3O5S/c1-13-17(7-8-25-21(13)28)18-4-3-15(9-14(18)12-31-2)27-11-16(32-23(27)30)10-26-22(29)19-5-6-20(24)33-19/h3-9,16H,10-12H2,1-2H3,(H,25,28)(H,26,29)/t16-/m0/s1. The van der Waals surface area contributed by atoms with Crippen molar-refractivity contribution in [3.05, 3.63) is 73.3 Å². The molecule has 1 saturated heterocycles. The number of hydrogen-bond donors (Lipinski definition) is 2. The number of aromatic amines is 1. The molecule has 0 unspecified atom stereocenters. The monoisotopic (exact) mass is 487 g/mol. The summed E-state index contributed by atoms with van der Waals surface area (Å²) in [6, 6.07) is 10.7. The van der Waals surface area contributed by atoms with Gasteiger partial charge < -0.3 is 19.8 Å². The van der Waals surface area contributed by atoms with Gasteiger partial charge in [-0.2, -0.15) is 0 Å². The molecule has 2 amide bonds. The number of nitrogens with one attached hydrogen (secondary N) is 2. The highest BCUT2D eigenvalue weighted by Crippen LogP contribution is 2.31. The molecule has 10 heteroatoms. The van der Waals surface area contributed by atoms with Crippen molar-refractivity contribution >= 4 is 40.6 Å². The normalized spacial score (nSPS) is 15.5. The summed E-state index contributed by atoms with van der Waals surface area (Å²) in [5.41, 5.74) is 3.59. The molecule has 0 radical (unpaired) electrons. The summed E-state index contributed by atoms with van der Waals surface area (Å²) >= 11 is 7.06. The number of nitrogens with zero attached hydrogens (tertiary/aromatic N) is 1. The van der Waals surface area contributed by atoms with E-state index in [-0.39, 0.29) is 18.0 Å². The Hall–Kier alpha value is -3.14. The molecular weight excluding hydrogens is 466 g/mol. The number of cyclic esters (lactones) is 1. The summed E-state index contributed by atoms with van der Waals surface area (Å²) in [5.74, 6) is -0.263. The number of hydrogen-bond acceptors (Lipinski definition) is 6. The largest absolute Gasteiger partial charge is 0.442 e. The Balaban J connectivity index is 1.50. The average molecular weight is 488 g/mol. The SMILES string of the molecule is COCc1cc(N2C[C@H](CNC(=O)c3ccc(Cl)s3)OC2=O)ccc1-c1cc[nH]c(=O)c1C. The van der Waals surface area contributed by atoms with Crippen molar-refractivity contribution in [2.24, 2.45) is 0 Å². The molecule has 3 aromatic rings. The van der Waals surface area contributed by atoms with Crippen LogP contribution in [0.5, 0.6) is 0 Å². The second kappa shape index (κ2) is 9.78. The highest BCUT2D eigenvalue weighted by molar-refractivity contribution is 7.18. The Morgan fingerprint density at radius 2 is 2.09 bits per heavy atom. The molecule has 0 bridgehead atoms. The van der Waals surface area contributed by atoms with Crippen LogP contribution >= 0.6 is 22.9 Å². The molecule has 0 saturated carbocycles. The number of anilines is 1. The number of ether oxygens (including phenoxy) is 2. The number of H-pyrrole nitrogens is 1. The molecule has 1 atom stereocenters. The molecule has 2 aromatic heterocycles. The van der Waals surface area contributed by atoms with E-state index in [2.05, 4.69) is 10.3 Å². The van der Waals surface area contributed by atoms with E-state index >= 15 is 0 Å². The van der Waals surface area contributed by atoms with Crippen LogP contribution < -0.4 is 15.8 Å². The third-order valence-corrected chi connectivity index (χ3v) is 6.59. The third-order valence-electron chi connectivity index (χ3n) is 5.36. The number of rotatable bonds is 7. The van der Waals surface area contributed by atoms with Crippen LogP contribution in [0.1, 0.15) is 20.8 Å². The van der Waals surface area contributed by atoms with Crippen LogP contribution in [0.15, 0.2) is 47.4 Å².